The van der Waals surface area contributed by atoms with E-state index in [0.29, 0.717) is 12.1 Å². The van der Waals surface area contributed by atoms with Gasteiger partial charge in [0.05, 0.1) is 4.92 Å². The van der Waals surface area contributed by atoms with Crippen LogP contribution in [0.1, 0.15) is 11.1 Å². The molecule has 0 N–H and O–H groups in total. The Morgan fingerprint density at radius 3 is 2.70 bits per heavy atom. The molecule has 0 spiro atoms. The van der Waals surface area contributed by atoms with Gasteiger partial charge in [-0.1, -0.05) is 42.2 Å². The van der Waals surface area contributed by atoms with Crippen LogP contribution in [0.4, 0.5) is 5.69 Å². The second kappa shape index (κ2) is 6.86. The molecule has 0 aliphatic heterocycles. The maximum atomic E-state index is 10.6. The molecule has 0 radical (unpaired) electrons. The quantitative estimate of drug-likeness (QED) is 0.370. The van der Waals surface area contributed by atoms with E-state index >= 15 is 0 Å². The fourth-order valence-electron chi connectivity index (χ4n) is 1.58. The first kappa shape index (κ1) is 13.5. The van der Waals surface area contributed by atoms with Crippen molar-refractivity contribution in [1.29, 1.82) is 0 Å². The third-order valence-corrected chi connectivity index (χ3v) is 2.50. The van der Waals surface area contributed by atoms with Crippen molar-refractivity contribution in [3.8, 4) is 11.8 Å². The summed E-state index contributed by atoms with van der Waals surface area (Å²) >= 11 is 0. The first-order valence-corrected chi connectivity index (χ1v) is 6.04. The van der Waals surface area contributed by atoms with Gasteiger partial charge in [-0.05, 0) is 17.7 Å². The van der Waals surface area contributed by atoms with E-state index in [1.54, 1.807) is 18.3 Å². The van der Waals surface area contributed by atoms with Gasteiger partial charge in [0.15, 0.2) is 0 Å². The Hall–Kier alpha value is -2.93. The molecule has 0 aliphatic rings. The highest BCUT2D eigenvalue weighted by atomic mass is 16.6. The summed E-state index contributed by atoms with van der Waals surface area (Å²) in [5.41, 5.74) is 1.70. The van der Waals surface area contributed by atoms with Crippen LogP contribution >= 0.6 is 0 Å². The molecule has 0 bridgehead atoms. The Bertz CT molecular complexity index is 682. The Kier molecular flexibility index (Phi) is 4.63. The molecule has 4 heteroatoms. The first-order valence-electron chi connectivity index (χ1n) is 6.04. The van der Waals surface area contributed by atoms with Crippen LogP contribution in [-0.4, -0.2) is 17.7 Å². The van der Waals surface area contributed by atoms with Crippen molar-refractivity contribution in [2.75, 3.05) is 6.54 Å². The lowest BCUT2D eigenvalue weighted by atomic mass is 10.2. The van der Waals surface area contributed by atoms with E-state index in [2.05, 4.69) is 16.8 Å². The Morgan fingerprint density at radius 1 is 1.15 bits per heavy atom. The zero-order chi connectivity index (χ0) is 14.2. The molecule has 20 heavy (non-hydrogen) atoms. The number of rotatable bonds is 3. The highest BCUT2D eigenvalue weighted by molar-refractivity contribution is 5.80. The fourth-order valence-corrected chi connectivity index (χ4v) is 1.58. The average molecular weight is 264 g/mol. The lowest BCUT2D eigenvalue weighted by Crippen LogP contribution is -1.89. The summed E-state index contributed by atoms with van der Waals surface area (Å²) in [5.74, 6) is 5.92. The number of nitro benzene ring substituents is 1. The van der Waals surface area contributed by atoms with Gasteiger partial charge in [-0.3, -0.25) is 15.1 Å². The van der Waals surface area contributed by atoms with Crippen molar-refractivity contribution >= 4 is 11.9 Å². The molecule has 98 valence electrons. The summed E-state index contributed by atoms with van der Waals surface area (Å²) in [4.78, 5) is 14.3. The second-order valence-corrected chi connectivity index (χ2v) is 3.99. The number of non-ortho nitro benzene ring substituents is 1. The van der Waals surface area contributed by atoms with Crippen LogP contribution in [0.5, 0.6) is 0 Å². The molecule has 0 aliphatic carbocycles. The summed E-state index contributed by atoms with van der Waals surface area (Å²) in [6.45, 7) is 0.359. The molecule has 0 amide bonds. The minimum Gasteiger partial charge on any atom is -0.280 e. The third-order valence-electron chi connectivity index (χ3n) is 2.50. The predicted octanol–water partition coefficient (Wildman–Crippen LogP) is 3.07. The number of benzene rings is 2. The molecule has 0 unspecified atom stereocenters. The molecule has 0 saturated carbocycles. The largest absolute Gasteiger partial charge is 0.280 e. The molecule has 0 atom stereocenters. The minimum atomic E-state index is -0.424. The SMILES string of the molecule is O=[N+]([O-])c1cccc(C=NCC#Cc2ccccc2)c1. The monoisotopic (exact) mass is 264 g/mol. The van der Waals surface area contributed by atoms with Crippen molar-refractivity contribution in [2.45, 2.75) is 0 Å². The summed E-state index contributed by atoms with van der Waals surface area (Å²) in [7, 11) is 0. The van der Waals surface area contributed by atoms with Crippen molar-refractivity contribution in [3.63, 3.8) is 0 Å². The molecule has 2 aromatic rings. The minimum absolute atomic E-state index is 0.0596. The van der Waals surface area contributed by atoms with Crippen LogP contribution in [0.15, 0.2) is 59.6 Å². The van der Waals surface area contributed by atoms with E-state index in [9.17, 15) is 10.1 Å². The van der Waals surface area contributed by atoms with E-state index in [1.807, 2.05) is 30.3 Å². The van der Waals surface area contributed by atoms with Crippen molar-refractivity contribution in [3.05, 3.63) is 75.8 Å². The molecule has 0 heterocycles. The van der Waals surface area contributed by atoms with E-state index in [4.69, 9.17) is 0 Å². The molecule has 2 rings (SSSR count). The summed E-state index contributed by atoms with van der Waals surface area (Å²) in [5, 5.41) is 10.6. The maximum Gasteiger partial charge on any atom is 0.270 e. The van der Waals surface area contributed by atoms with E-state index in [1.165, 1.54) is 12.1 Å². The summed E-state index contributed by atoms with van der Waals surface area (Å²) < 4.78 is 0. The van der Waals surface area contributed by atoms with Gasteiger partial charge in [0.1, 0.15) is 6.54 Å². The van der Waals surface area contributed by atoms with Crippen LogP contribution in [0.2, 0.25) is 0 Å². The zero-order valence-electron chi connectivity index (χ0n) is 10.7. The Morgan fingerprint density at radius 2 is 1.95 bits per heavy atom. The van der Waals surface area contributed by atoms with Gasteiger partial charge in [-0.15, -0.1) is 0 Å². The van der Waals surface area contributed by atoms with E-state index in [0.717, 1.165) is 5.56 Å². The third kappa shape index (κ3) is 4.07. The van der Waals surface area contributed by atoms with Crippen LogP contribution in [0, 0.1) is 22.0 Å². The van der Waals surface area contributed by atoms with Crippen LogP contribution in [0.3, 0.4) is 0 Å². The molecule has 0 fully saturated rings. The standard InChI is InChI=1S/C16H12N2O2/c19-18(20)16-10-4-8-15(12-16)13-17-11-5-9-14-6-2-1-3-7-14/h1-4,6-8,10,12-13H,11H2. The highest BCUT2D eigenvalue weighted by Gasteiger charge is 2.03. The van der Waals surface area contributed by atoms with Crippen LogP contribution in [-0.2, 0) is 0 Å². The Labute approximate surface area is 116 Å². The van der Waals surface area contributed by atoms with Crippen molar-refractivity contribution < 1.29 is 4.92 Å². The molecular formula is C16H12N2O2. The molecule has 0 aromatic heterocycles. The fraction of sp³-hybridized carbons (Fsp3) is 0.0625. The molecular weight excluding hydrogens is 252 g/mol. The number of hydrogen-bond acceptors (Lipinski definition) is 3. The van der Waals surface area contributed by atoms with E-state index in [-0.39, 0.29) is 5.69 Å². The number of nitrogens with zero attached hydrogens (tertiary/aromatic N) is 2. The predicted molar refractivity (Wildman–Crippen MR) is 78.9 cm³/mol. The normalized spacial score (nSPS) is 10.0. The van der Waals surface area contributed by atoms with Gasteiger partial charge in [0.2, 0.25) is 0 Å². The number of aliphatic imine (C=N–C) groups is 1. The Balaban J connectivity index is 1.96. The second-order valence-electron chi connectivity index (χ2n) is 3.99. The van der Waals surface area contributed by atoms with Gasteiger partial charge in [-0.25, -0.2) is 0 Å². The van der Waals surface area contributed by atoms with E-state index < -0.39 is 4.92 Å². The van der Waals surface area contributed by atoms with Crippen molar-refractivity contribution in [1.82, 2.24) is 0 Å². The van der Waals surface area contributed by atoms with Crippen LogP contribution < -0.4 is 0 Å². The summed E-state index contributed by atoms with van der Waals surface area (Å²) in [6.07, 6.45) is 1.59. The molecule has 0 saturated heterocycles. The smallest absolute Gasteiger partial charge is 0.270 e. The summed E-state index contributed by atoms with van der Waals surface area (Å²) in [6, 6.07) is 16.0. The lowest BCUT2D eigenvalue weighted by Gasteiger charge is -1.93. The van der Waals surface area contributed by atoms with Gasteiger partial charge in [-0.2, -0.15) is 0 Å². The van der Waals surface area contributed by atoms with Gasteiger partial charge >= 0.3 is 0 Å². The zero-order valence-corrected chi connectivity index (χ0v) is 10.7. The van der Waals surface area contributed by atoms with Gasteiger partial charge in [0, 0.05) is 23.9 Å². The first-order chi connectivity index (χ1) is 9.75. The number of hydrogen-bond donors (Lipinski definition) is 0. The average Bonchev–Trinajstić information content (AvgIpc) is 2.48. The maximum absolute atomic E-state index is 10.6. The molecule has 2 aromatic carbocycles. The number of nitro groups is 1. The van der Waals surface area contributed by atoms with Gasteiger partial charge in [0.25, 0.3) is 5.69 Å². The van der Waals surface area contributed by atoms with Crippen molar-refractivity contribution in [2.24, 2.45) is 4.99 Å². The van der Waals surface area contributed by atoms with Crippen LogP contribution in [0.25, 0.3) is 0 Å². The lowest BCUT2D eigenvalue weighted by molar-refractivity contribution is -0.384. The highest BCUT2D eigenvalue weighted by Crippen LogP contribution is 2.11. The molecule has 4 nitrogen and oxygen atoms in total. The van der Waals surface area contributed by atoms with Gasteiger partial charge < -0.3 is 0 Å². The topological polar surface area (TPSA) is 55.5 Å².